The molecule has 8 heteroatoms. The van der Waals surface area contributed by atoms with Gasteiger partial charge in [-0.1, -0.05) is 22.9 Å². The lowest BCUT2D eigenvalue weighted by atomic mass is 10.0. The molecule has 0 radical (unpaired) electrons. The first-order valence-electron chi connectivity index (χ1n) is 8.69. The lowest BCUT2D eigenvalue weighted by Crippen LogP contribution is -1.95. The zero-order valence-corrected chi connectivity index (χ0v) is 18.7. The number of hydrogen-bond acceptors (Lipinski definition) is 8. The molecule has 0 aromatic heterocycles. The van der Waals surface area contributed by atoms with E-state index in [1.165, 1.54) is 22.9 Å². The van der Waals surface area contributed by atoms with Crippen LogP contribution in [0.5, 0.6) is 5.75 Å². The van der Waals surface area contributed by atoms with Crippen molar-refractivity contribution in [3.05, 3.63) is 82.7 Å². The van der Waals surface area contributed by atoms with Crippen LogP contribution in [0, 0.1) is 0 Å². The summed E-state index contributed by atoms with van der Waals surface area (Å²) >= 11 is 9.60. The quantitative estimate of drug-likeness (QED) is 0.185. The molecule has 0 saturated heterocycles. The Morgan fingerprint density at radius 3 is 2.30 bits per heavy atom. The van der Waals surface area contributed by atoms with E-state index in [-0.39, 0.29) is 10.9 Å². The summed E-state index contributed by atoms with van der Waals surface area (Å²) in [4.78, 5) is 27.5. The molecular weight excluding hydrogens is 457 g/mol. The third-order valence-corrected chi connectivity index (χ3v) is 6.96. The van der Waals surface area contributed by atoms with E-state index in [1.807, 2.05) is 6.07 Å². The first-order chi connectivity index (χ1) is 14.5. The van der Waals surface area contributed by atoms with E-state index >= 15 is 0 Å². The number of fused-ring (bicyclic) bond motifs is 1. The van der Waals surface area contributed by atoms with Crippen molar-refractivity contribution < 1.29 is 14.3 Å². The zero-order valence-electron chi connectivity index (χ0n) is 15.2. The van der Waals surface area contributed by atoms with Gasteiger partial charge in [0.2, 0.25) is 5.12 Å². The summed E-state index contributed by atoms with van der Waals surface area (Å²) in [5.74, 6) is 0.485. The van der Waals surface area contributed by atoms with E-state index < -0.39 is 5.63 Å². The summed E-state index contributed by atoms with van der Waals surface area (Å²) in [7, 11) is 1.21. The number of phenols is 1. The van der Waals surface area contributed by atoms with Crippen LogP contribution in [-0.2, 0) is 0 Å². The Morgan fingerprint density at radius 2 is 1.63 bits per heavy atom. The second-order valence-electron chi connectivity index (χ2n) is 6.32. The lowest BCUT2D eigenvalue weighted by Gasteiger charge is -2.03. The van der Waals surface area contributed by atoms with Gasteiger partial charge in [0.25, 0.3) is 0 Å². The summed E-state index contributed by atoms with van der Waals surface area (Å²) < 4.78 is 5.50. The molecule has 2 aromatic rings. The molecule has 150 valence electrons. The van der Waals surface area contributed by atoms with Crippen LogP contribution in [-0.4, -0.2) is 10.2 Å². The minimum Gasteiger partial charge on any atom is -0.508 e. The van der Waals surface area contributed by atoms with Gasteiger partial charge in [-0.05, 0) is 71.9 Å². The van der Waals surface area contributed by atoms with E-state index in [2.05, 4.69) is 24.3 Å². The number of carbonyl (C=O) groups is 1. The number of aromatic hydroxyl groups is 1. The fraction of sp³-hybridized carbons (Fsp3) is 0. The maximum Gasteiger partial charge on any atom is 0.344 e. The van der Waals surface area contributed by atoms with Crippen LogP contribution in [0.3, 0.4) is 0 Å². The molecule has 2 aromatic carbocycles. The highest BCUT2D eigenvalue weighted by Gasteiger charge is 2.21. The normalized spacial score (nSPS) is 11.0. The minimum atomic E-state index is -0.478. The number of thioether (sulfide) groups is 1. The topological polar surface area (TPSA) is 67.5 Å². The molecule has 1 aliphatic heterocycles. The summed E-state index contributed by atoms with van der Waals surface area (Å²) in [6.07, 6.45) is 0. The molecule has 1 N–H and O–H groups in total. The standard InChI is InChI=1S/C22H14O4S4/c23-14-5-1-12(2-6-14)20-16-9-10-18(30-28)19(11-17(16)26-21(20)24)29-22(25)13-3-7-15(27)8-4-13/h1-11,23,27-28H. The maximum atomic E-state index is 12.7. The highest BCUT2D eigenvalue weighted by Crippen LogP contribution is 2.40. The van der Waals surface area contributed by atoms with E-state index in [4.69, 9.17) is 4.42 Å². The molecule has 1 aliphatic carbocycles. The van der Waals surface area contributed by atoms with Crippen LogP contribution in [0.1, 0.15) is 10.4 Å². The minimum absolute atomic E-state index is 0.112. The van der Waals surface area contributed by atoms with Crippen molar-refractivity contribution >= 4 is 52.0 Å². The summed E-state index contributed by atoms with van der Waals surface area (Å²) in [5.41, 5.74) is 1.73. The molecule has 0 atom stereocenters. The zero-order chi connectivity index (χ0) is 21.3. The summed E-state index contributed by atoms with van der Waals surface area (Å²) in [5, 5.41) is 9.38. The SMILES string of the molecule is O=C(Sc1cc2oc(=O)c(-c3ccc(O)cc3)c-2ccc1SS)c1ccc(S)cc1. The summed E-state index contributed by atoms with van der Waals surface area (Å²) in [6, 6.07) is 18.6. The van der Waals surface area contributed by atoms with E-state index in [1.54, 1.807) is 48.5 Å². The van der Waals surface area contributed by atoms with Crippen molar-refractivity contribution in [1.82, 2.24) is 0 Å². The van der Waals surface area contributed by atoms with Gasteiger partial charge in [0.05, 0.1) is 5.56 Å². The Labute approximate surface area is 191 Å². The highest BCUT2D eigenvalue weighted by atomic mass is 33.1. The van der Waals surface area contributed by atoms with Gasteiger partial charge in [-0.15, -0.1) is 24.3 Å². The molecule has 0 spiro atoms. The van der Waals surface area contributed by atoms with E-state index in [0.717, 1.165) is 21.6 Å². The largest absolute Gasteiger partial charge is 0.508 e. The Bertz CT molecular complexity index is 1250. The van der Waals surface area contributed by atoms with Crippen LogP contribution in [0.4, 0.5) is 0 Å². The molecular formula is C22H14O4S4. The molecule has 0 saturated carbocycles. The Balaban J connectivity index is 1.77. The molecule has 4 nitrogen and oxygen atoms in total. The van der Waals surface area contributed by atoms with Crippen LogP contribution in [0.2, 0.25) is 0 Å². The maximum absolute atomic E-state index is 12.7. The number of carbonyl (C=O) groups excluding carboxylic acids is 1. The van der Waals surface area contributed by atoms with Gasteiger partial charge in [0, 0.05) is 25.8 Å². The molecule has 4 rings (SSSR count). The van der Waals surface area contributed by atoms with Gasteiger partial charge < -0.3 is 9.52 Å². The predicted octanol–water partition coefficient (Wildman–Crippen LogP) is 6.28. The predicted molar refractivity (Wildman–Crippen MR) is 127 cm³/mol. The Morgan fingerprint density at radius 1 is 0.933 bits per heavy atom. The Kier molecular flexibility index (Phi) is 6.19. The monoisotopic (exact) mass is 470 g/mol. The van der Waals surface area contributed by atoms with Crippen molar-refractivity contribution in [1.29, 1.82) is 0 Å². The fourth-order valence-electron chi connectivity index (χ4n) is 2.96. The molecule has 0 unspecified atom stereocenters. The number of benzene rings is 2. The molecule has 0 fully saturated rings. The fourth-order valence-corrected chi connectivity index (χ4v) is 5.08. The number of thiol groups is 2. The van der Waals surface area contributed by atoms with Gasteiger partial charge in [0.15, 0.2) is 0 Å². The van der Waals surface area contributed by atoms with Crippen molar-refractivity contribution in [3.63, 3.8) is 0 Å². The molecule has 0 amide bonds. The second kappa shape index (κ2) is 8.85. The highest BCUT2D eigenvalue weighted by molar-refractivity contribution is 8.68. The molecule has 2 aliphatic rings. The molecule has 1 heterocycles. The van der Waals surface area contributed by atoms with Crippen LogP contribution in [0.15, 0.2) is 90.6 Å². The summed E-state index contributed by atoms with van der Waals surface area (Å²) in [6.45, 7) is 0. The molecule has 0 bridgehead atoms. The van der Waals surface area contributed by atoms with Crippen LogP contribution in [0.25, 0.3) is 22.5 Å². The number of furan rings is 1. The molecule has 30 heavy (non-hydrogen) atoms. The average Bonchev–Trinajstić information content (AvgIpc) is 2.94. The smallest absolute Gasteiger partial charge is 0.344 e. The average molecular weight is 471 g/mol. The Hall–Kier alpha value is -2.26. The van der Waals surface area contributed by atoms with E-state index in [9.17, 15) is 14.7 Å². The van der Waals surface area contributed by atoms with Gasteiger partial charge in [-0.25, -0.2) is 4.79 Å². The third kappa shape index (κ3) is 4.27. The number of hydrogen-bond donors (Lipinski definition) is 3. The van der Waals surface area contributed by atoms with E-state index in [0.29, 0.717) is 32.9 Å². The first-order valence-corrected chi connectivity index (χ1v) is 11.8. The number of phenolic OH excluding ortho intramolecular Hbond substituents is 1. The van der Waals surface area contributed by atoms with Gasteiger partial charge in [-0.2, -0.15) is 0 Å². The van der Waals surface area contributed by atoms with Crippen molar-refractivity contribution in [3.8, 4) is 28.2 Å². The first kappa shape index (κ1) is 21.0. The lowest BCUT2D eigenvalue weighted by molar-refractivity contribution is 0.108. The third-order valence-electron chi connectivity index (χ3n) is 4.41. The van der Waals surface area contributed by atoms with Crippen LogP contribution < -0.4 is 5.63 Å². The van der Waals surface area contributed by atoms with Crippen molar-refractivity contribution in [2.45, 2.75) is 14.7 Å². The second-order valence-corrected chi connectivity index (χ2v) is 9.02. The van der Waals surface area contributed by atoms with Gasteiger partial charge in [0.1, 0.15) is 11.5 Å². The van der Waals surface area contributed by atoms with Crippen LogP contribution >= 0.6 is 46.8 Å². The number of rotatable bonds is 4. The van der Waals surface area contributed by atoms with Crippen molar-refractivity contribution in [2.75, 3.05) is 0 Å². The van der Waals surface area contributed by atoms with Gasteiger partial charge >= 0.3 is 5.63 Å². The van der Waals surface area contributed by atoms with Gasteiger partial charge in [-0.3, -0.25) is 4.79 Å². The van der Waals surface area contributed by atoms with Crippen molar-refractivity contribution in [2.24, 2.45) is 0 Å².